The van der Waals surface area contributed by atoms with E-state index in [1.54, 1.807) is 23.9 Å². The van der Waals surface area contributed by atoms with E-state index in [0.717, 1.165) is 27.0 Å². The van der Waals surface area contributed by atoms with Crippen LogP contribution in [-0.4, -0.2) is 24.2 Å². The van der Waals surface area contributed by atoms with Crippen molar-refractivity contribution >= 4 is 33.2 Å². The van der Waals surface area contributed by atoms with Crippen LogP contribution in [0.1, 0.15) is 37.4 Å². The Morgan fingerprint density at radius 2 is 1.66 bits per heavy atom. The lowest BCUT2D eigenvalue weighted by atomic mass is 10.1. The molecule has 0 unspecified atom stereocenters. The molecule has 3 aromatic rings. The van der Waals surface area contributed by atoms with Crippen LogP contribution in [0.4, 0.5) is 0 Å². The van der Waals surface area contributed by atoms with Crippen LogP contribution in [0.2, 0.25) is 5.02 Å². The van der Waals surface area contributed by atoms with E-state index in [1.807, 2.05) is 36.4 Å². The molecule has 1 aliphatic rings. The van der Waals surface area contributed by atoms with Crippen molar-refractivity contribution in [2.45, 2.75) is 46.4 Å². The monoisotopic (exact) mass is 446 g/mol. The first kappa shape index (κ1) is 20.5. The van der Waals surface area contributed by atoms with E-state index < -0.39 is 9.84 Å². The van der Waals surface area contributed by atoms with Gasteiger partial charge in [0.05, 0.1) is 4.90 Å². The van der Waals surface area contributed by atoms with Crippen molar-refractivity contribution in [1.82, 2.24) is 9.55 Å². The Morgan fingerprint density at radius 1 is 1.03 bits per heavy atom. The maximum Gasteiger partial charge on any atom is 0.175 e. The van der Waals surface area contributed by atoms with Crippen LogP contribution in [0.5, 0.6) is 0 Å². The number of rotatable bonds is 5. The summed E-state index contributed by atoms with van der Waals surface area (Å²) >= 11 is 7.70. The predicted molar refractivity (Wildman–Crippen MR) is 119 cm³/mol. The zero-order valence-electron chi connectivity index (χ0n) is 16.4. The van der Waals surface area contributed by atoms with Crippen molar-refractivity contribution in [3.05, 3.63) is 59.4 Å². The molecule has 0 amide bonds. The summed E-state index contributed by atoms with van der Waals surface area (Å²) in [6, 6.07) is 14.8. The van der Waals surface area contributed by atoms with Gasteiger partial charge in [0.1, 0.15) is 16.5 Å². The number of benzene rings is 2. The van der Waals surface area contributed by atoms with Crippen molar-refractivity contribution in [3.63, 3.8) is 0 Å². The molecule has 1 fully saturated rings. The Bertz CT molecular complexity index is 1110. The maximum atomic E-state index is 11.8. The Kier molecular flexibility index (Phi) is 5.78. The lowest BCUT2D eigenvalue weighted by molar-refractivity contribution is 0.602. The highest BCUT2D eigenvalue weighted by atomic mass is 35.5. The summed E-state index contributed by atoms with van der Waals surface area (Å²) in [7, 11) is -1.15. The van der Waals surface area contributed by atoms with E-state index >= 15 is 0 Å². The molecule has 29 heavy (non-hydrogen) atoms. The molecule has 0 spiro atoms. The zero-order valence-corrected chi connectivity index (χ0v) is 18.8. The number of sulfone groups is 1. The molecule has 0 bridgehead atoms. The van der Waals surface area contributed by atoms with Gasteiger partial charge in [-0.25, -0.2) is 13.4 Å². The minimum Gasteiger partial charge on any atom is -0.325 e. The fourth-order valence-corrected chi connectivity index (χ4v) is 5.57. The van der Waals surface area contributed by atoms with Crippen LogP contribution in [0.25, 0.3) is 11.3 Å². The Balaban J connectivity index is 1.78. The number of halogens is 1. The minimum atomic E-state index is -3.22. The summed E-state index contributed by atoms with van der Waals surface area (Å²) in [6.45, 7) is 0. The smallest absolute Gasteiger partial charge is 0.175 e. The first-order valence-electron chi connectivity index (χ1n) is 9.63. The van der Waals surface area contributed by atoms with Crippen LogP contribution in [0.15, 0.2) is 63.3 Å². The van der Waals surface area contributed by atoms with Crippen molar-refractivity contribution in [2.75, 3.05) is 6.26 Å². The van der Waals surface area contributed by atoms with Gasteiger partial charge in [0.15, 0.2) is 9.84 Å². The third kappa shape index (κ3) is 4.39. The average Bonchev–Trinajstić information content (AvgIpc) is 3.32. The van der Waals surface area contributed by atoms with Gasteiger partial charge in [-0.05, 0) is 49.2 Å². The van der Waals surface area contributed by atoms with Crippen molar-refractivity contribution in [3.8, 4) is 11.3 Å². The van der Waals surface area contributed by atoms with Crippen LogP contribution < -0.4 is 0 Å². The first-order valence-corrected chi connectivity index (χ1v) is 12.7. The van der Waals surface area contributed by atoms with Crippen LogP contribution in [-0.2, 0) is 16.9 Å². The van der Waals surface area contributed by atoms with E-state index in [-0.39, 0.29) is 0 Å². The SMILES string of the molecule is Cn1c(C2CCCC2)nc(-c2ccc(S(C)(=O)=O)cc2)c1Sc1ccc(Cl)cc1. The zero-order chi connectivity index (χ0) is 20.6. The number of hydrogen-bond acceptors (Lipinski definition) is 4. The Labute approximate surface area is 181 Å². The number of aromatic nitrogens is 2. The maximum absolute atomic E-state index is 11.8. The molecule has 0 atom stereocenters. The van der Waals surface area contributed by atoms with Gasteiger partial charge in [0.2, 0.25) is 0 Å². The highest BCUT2D eigenvalue weighted by molar-refractivity contribution is 7.99. The summed E-state index contributed by atoms with van der Waals surface area (Å²) in [6.07, 6.45) is 6.05. The highest BCUT2D eigenvalue weighted by Gasteiger charge is 2.26. The molecule has 4 nitrogen and oxygen atoms in total. The first-order chi connectivity index (χ1) is 13.8. The van der Waals surface area contributed by atoms with E-state index in [1.165, 1.54) is 31.9 Å². The standard InChI is InChI=1S/C22H23ClN2O2S2/c1-25-21(16-5-3-4-6-16)24-20(15-7-13-19(14-8-15)29(2,26)27)22(25)28-18-11-9-17(23)10-12-18/h7-14,16H,3-6H2,1-2H3. The summed E-state index contributed by atoms with van der Waals surface area (Å²) in [5, 5.41) is 1.77. The summed E-state index contributed by atoms with van der Waals surface area (Å²) in [5.41, 5.74) is 1.82. The molecule has 4 rings (SSSR count). The molecule has 0 N–H and O–H groups in total. The van der Waals surface area contributed by atoms with E-state index in [9.17, 15) is 8.42 Å². The fourth-order valence-electron chi connectivity index (χ4n) is 3.83. The summed E-state index contributed by atoms with van der Waals surface area (Å²) < 4.78 is 25.8. The quantitative estimate of drug-likeness (QED) is 0.485. The van der Waals surface area contributed by atoms with Crippen molar-refractivity contribution in [1.29, 1.82) is 0 Å². The molecule has 0 radical (unpaired) electrons. The molecular formula is C22H23ClN2O2S2. The van der Waals surface area contributed by atoms with Crippen LogP contribution in [0.3, 0.4) is 0 Å². The fraction of sp³-hybridized carbons (Fsp3) is 0.318. The molecule has 1 heterocycles. The van der Waals surface area contributed by atoms with Gasteiger partial charge >= 0.3 is 0 Å². The van der Waals surface area contributed by atoms with Gasteiger partial charge in [-0.15, -0.1) is 0 Å². The molecule has 152 valence electrons. The van der Waals surface area contributed by atoms with E-state index in [2.05, 4.69) is 11.6 Å². The average molecular weight is 447 g/mol. The lowest BCUT2D eigenvalue weighted by Gasteiger charge is -2.11. The normalized spacial score (nSPS) is 15.1. The van der Waals surface area contributed by atoms with Gasteiger partial charge in [-0.1, -0.05) is 48.3 Å². The molecule has 1 aromatic heterocycles. The van der Waals surface area contributed by atoms with Crippen molar-refractivity contribution < 1.29 is 8.42 Å². The number of imidazole rings is 1. The van der Waals surface area contributed by atoms with Gasteiger partial charge < -0.3 is 4.57 Å². The largest absolute Gasteiger partial charge is 0.325 e. The molecule has 2 aromatic carbocycles. The van der Waals surface area contributed by atoms with Crippen LogP contribution in [0, 0.1) is 0 Å². The minimum absolute atomic E-state index is 0.320. The molecule has 0 aliphatic heterocycles. The van der Waals surface area contributed by atoms with E-state index in [0.29, 0.717) is 15.8 Å². The van der Waals surface area contributed by atoms with Gasteiger partial charge in [0, 0.05) is 34.7 Å². The summed E-state index contributed by atoms with van der Waals surface area (Å²) in [4.78, 5) is 6.44. The topological polar surface area (TPSA) is 52.0 Å². The van der Waals surface area contributed by atoms with Crippen molar-refractivity contribution in [2.24, 2.45) is 7.05 Å². The highest BCUT2D eigenvalue weighted by Crippen LogP contribution is 2.41. The second-order valence-corrected chi connectivity index (χ2v) is 11.0. The summed E-state index contributed by atoms with van der Waals surface area (Å²) in [5.74, 6) is 1.59. The predicted octanol–water partition coefficient (Wildman–Crippen LogP) is 5.95. The molecule has 1 aliphatic carbocycles. The Morgan fingerprint density at radius 3 is 2.24 bits per heavy atom. The molecule has 1 saturated carbocycles. The molecule has 0 saturated heterocycles. The third-order valence-electron chi connectivity index (χ3n) is 5.38. The Hall–Kier alpha value is -1.76. The van der Waals surface area contributed by atoms with Gasteiger partial charge in [-0.2, -0.15) is 0 Å². The molecular weight excluding hydrogens is 424 g/mol. The van der Waals surface area contributed by atoms with Gasteiger partial charge in [0.25, 0.3) is 0 Å². The third-order valence-corrected chi connectivity index (χ3v) is 7.93. The second kappa shape index (κ2) is 8.17. The number of hydrogen-bond donors (Lipinski definition) is 0. The second-order valence-electron chi connectivity index (χ2n) is 7.52. The van der Waals surface area contributed by atoms with Crippen LogP contribution >= 0.6 is 23.4 Å². The van der Waals surface area contributed by atoms with E-state index in [4.69, 9.17) is 16.6 Å². The molecule has 7 heteroatoms. The lowest BCUT2D eigenvalue weighted by Crippen LogP contribution is -2.03. The number of nitrogens with zero attached hydrogens (tertiary/aromatic N) is 2. The van der Waals surface area contributed by atoms with Gasteiger partial charge in [-0.3, -0.25) is 0 Å².